The van der Waals surface area contributed by atoms with Crippen LogP contribution in [0.3, 0.4) is 0 Å². The first-order chi connectivity index (χ1) is 8.70. The first-order valence-electron chi connectivity index (χ1n) is 6.24. The number of hydrogen-bond donors (Lipinski definition) is 0. The topological polar surface area (TPSA) is 29.0 Å². The van der Waals surface area contributed by atoms with E-state index in [9.17, 15) is 0 Å². The van der Waals surface area contributed by atoms with Gasteiger partial charge in [-0.15, -0.1) is 11.3 Å². The molecule has 0 saturated carbocycles. The van der Waals surface area contributed by atoms with E-state index in [1.165, 1.54) is 46.3 Å². The number of anilines is 1. The number of fused-ring (bicyclic) bond motifs is 3. The summed E-state index contributed by atoms with van der Waals surface area (Å²) in [5.74, 6) is 1.09. The summed E-state index contributed by atoms with van der Waals surface area (Å²) in [6.45, 7) is 0. The molecular weight excluding hydrogens is 262 g/mol. The molecule has 1 aliphatic rings. The fraction of sp³-hybridized carbons (Fsp3) is 0.538. The summed E-state index contributed by atoms with van der Waals surface area (Å²) in [5.41, 5.74) is 1.51. The molecule has 0 saturated heterocycles. The van der Waals surface area contributed by atoms with E-state index in [1.807, 2.05) is 17.6 Å². The van der Waals surface area contributed by atoms with Crippen molar-refractivity contribution >= 4 is 39.1 Å². The second kappa shape index (κ2) is 4.70. The predicted molar refractivity (Wildman–Crippen MR) is 80.2 cm³/mol. The highest BCUT2D eigenvalue weighted by Gasteiger charge is 2.21. The third kappa shape index (κ3) is 1.89. The van der Waals surface area contributed by atoms with Gasteiger partial charge in [0.05, 0.1) is 5.39 Å². The van der Waals surface area contributed by atoms with Gasteiger partial charge in [0.15, 0.2) is 5.16 Å². The molecule has 5 heteroatoms. The molecular formula is C13H17N3S2. The summed E-state index contributed by atoms with van der Waals surface area (Å²) in [5, 5.41) is 2.18. The maximum atomic E-state index is 4.69. The molecule has 2 aromatic rings. The molecule has 0 unspecified atom stereocenters. The van der Waals surface area contributed by atoms with Crippen LogP contribution in [0.25, 0.3) is 10.2 Å². The molecule has 0 spiro atoms. The van der Waals surface area contributed by atoms with Gasteiger partial charge in [-0.25, -0.2) is 9.97 Å². The average Bonchev–Trinajstić information content (AvgIpc) is 2.75. The molecule has 0 radical (unpaired) electrons. The van der Waals surface area contributed by atoms with Gasteiger partial charge in [-0.05, 0) is 37.5 Å². The number of thiophene rings is 1. The zero-order valence-corrected chi connectivity index (χ0v) is 12.6. The van der Waals surface area contributed by atoms with Crippen LogP contribution in [0.5, 0.6) is 0 Å². The van der Waals surface area contributed by atoms with E-state index in [-0.39, 0.29) is 0 Å². The molecule has 2 aromatic heterocycles. The summed E-state index contributed by atoms with van der Waals surface area (Å²) in [6.07, 6.45) is 7.07. The number of rotatable bonds is 2. The van der Waals surface area contributed by atoms with E-state index in [0.29, 0.717) is 0 Å². The molecule has 0 aliphatic heterocycles. The van der Waals surface area contributed by atoms with Gasteiger partial charge in [-0.2, -0.15) is 0 Å². The Morgan fingerprint density at radius 3 is 2.67 bits per heavy atom. The quantitative estimate of drug-likeness (QED) is 0.622. The van der Waals surface area contributed by atoms with Crippen molar-refractivity contribution in [3.05, 3.63) is 10.4 Å². The largest absolute Gasteiger partial charge is 0.362 e. The van der Waals surface area contributed by atoms with E-state index in [0.717, 1.165) is 11.0 Å². The van der Waals surface area contributed by atoms with Crippen molar-refractivity contribution < 1.29 is 0 Å². The van der Waals surface area contributed by atoms with Crippen molar-refractivity contribution in [3.63, 3.8) is 0 Å². The summed E-state index contributed by atoms with van der Waals surface area (Å²) in [6, 6.07) is 0. The molecule has 0 fully saturated rings. The minimum atomic E-state index is 0.879. The Bertz CT molecular complexity index is 589. The Hall–Kier alpha value is -0.810. The van der Waals surface area contributed by atoms with Gasteiger partial charge in [0.2, 0.25) is 0 Å². The summed E-state index contributed by atoms with van der Waals surface area (Å²) < 4.78 is 0. The first-order valence-corrected chi connectivity index (χ1v) is 8.28. The Kier molecular flexibility index (Phi) is 3.20. The third-order valence-corrected chi connectivity index (χ3v) is 5.11. The zero-order valence-electron chi connectivity index (χ0n) is 11.0. The lowest BCUT2D eigenvalue weighted by Gasteiger charge is -2.16. The van der Waals surface area contributed by atoms with Crippen molar-refractivity contribution in [2.75, 3.05) is 25.3 Å². The lowest BCUT2D eigenvalue weighted by Crippen LogP contribution is -2.12. The average molecular weight is 279 g/mol. The monoisotopic (exact) mass is 279 g/mol. The molecule has 0 bridgehead atoms. The van der Waals surface area contributed by atoms with Crippen molar-refractivity contribution in [3.8, 4) is 0 Å². The number of aromatic nitrogens is 2. The van der Waals surface area contributed by atoms with Crippen LogP contribution in [0.1, 0.15) is 23.3 Å². The van der Waals surface area contributed by atoms with E-state index < -0.39 is 0 Å². The van der Waals surface area contributed by atoms with E-state index in [1.54, 1.807) is 11.8 Å². The molecule has 0 atom stereocenters. The third-order valence-electron chi connectivity index (χ3n) is 3.38. The van der Waals surface area contributed by atoms with Crippen molar-refractivity contribution in [2.24, 2.45) is 0 Å². The predicted octanol–water partition coefficient (Wildman–Crippen LogP) is 3.36. The summed E-state index contributed by atoms with van der Waals surface area (Å²) in [7, 11) is 4.14. The van der Waals surface area contributed by atoms with Gasteiger partial charge in [-0.1, -0.05) is 11.8 Å². The van der Waals surface area contributed by atoms with Crippen LogP contribution < -0.4 is 4.90 Å². The Morgan fingerprint density at radius 2 is 1.94 bits per heavy atom. The summed E-state index contributed by atoms with van der Waals surface area (Å²) >= 11 is 3.49. The second-order valence-corrected chi connectivity index (χ2v) is 6.68. The highest BCUT2D eigenvalue weighted by Crippen LogP contribution is 2.39. The second-order valence-electron chi connectivity index (χ2n) is 4.82. The maximum Gasteiger partial charge on any atom is 0.190 e. The fourth-order valence-electron chi connectivity index (χ4n) is 2.53. The van der Waals surface area contributed by atoms with Gasteiger partial charge in [0.1, 0.15) is 10.6 Å². The zero-order chi connectivity index (χ0) is 12.7. The first kappa shape index (κ1) is 12.2. The number of thioether (sulfide) groups is 1. The molecule has 0 N–H and O–H groups in total. The molecule has 1 aliphatic carbocycles. The fourth-order valence-corrected chi connectivity index (χ4v) is 4.21. The van der Waals surface area contributed by atoms with E-state index in [4.69, 9.17) is 0 Å². The van der Waals surface area contributed by atoms with Gasteiger partial charge >= 0.3 is 0 Å². The van der Waals surface area contributed by atoms with Crippen molar-refractivity contribution in [1.29, 1.82) is 0 Å². The molecule has 0 amide bonds. The van der Waals surface area contributed by atoms with Crippen LogP contribution in [0.2, 0.25) is 0 Å². The van der Waals surface area contributed by atoms with Gasteiger partial charge < -0.3 is 4.90 Å². The smallest absolute Gasteiger partial charge is 0.190 e. The number of hydrogen-bond acceptors (Lipinski definition) is 5. The Morgan fingerprint density at radius 1 is 1.17 bits per heavy atom. The lowest BCUT2D eigenvalue weighted by atomic mass is 9.97. The maximum absolute atomic E-state index is 4.69. The van der Waals surface area contributed by atoms with Crippen LogP contribution in [0, 0.1) is 0 Å². The van der Waals surface area contributed by atoms with Crippen LogP contribution in [-0.4, -0.2) is 30.3 Å². The molecule has 0 aromatic carbocycles. The normalized spacial score (nSPS) is 14.8. The molecule has 2 heterocycles. The van der Waals surface area contributed by atoms with E-state index >= 15 is 0 Å². The molecule has 3 rings (SSSR count). The van der Waals surface area contributed by atoms with Crippen LogP contribution in [-0.2, 0) is 12.8 Å². The Labute approximate surface area is 116 Å². The van der Waals surface area contributed by atoms with Gasteiger partial charge in [-0.3, -0.25) is 0 Å². The highest BCUT2D eigenvalue weighted by molar-refractivity contribution is 7.98. The van der Waals surface area contributed by atoms with Crippen LogP contribution >= 0.6 is 23.1 Å². The number of nitrogens with zero attached hydrogens (tertiary/aromatic N) is 3. The molecule has 3 nitrogen and oxygen atoms in total. The van der Waals surface area contributed by atoms with Gasteiger partial charge in [0, 0.05) is 19.0 Å². The Balaban J connectivity index is 2.31. The number of aryl methyl sites for hydroxylation is 2. The molecule has 18 heavy (non-hydrogen) atoms. The lowest BCUT2D eigenvalue weighted by molar-refractivity contribution is 0.700. The minimum absolute atomic E-state index is 0.879. The minimum Gasteiger partial charge on any atom is -0.362 e. The molecule has 96 valence electrons. The standard InChI is InChI=1S/C13H17N3S2/c1-16(2)11-10-8-6-4-5-7-9(8)18-12(10)15-13(14-11)17-3/h4-7H2,1-3H3. The van der Waals surface area contributed by atoms with Crippen LogP contribution in [0.15, 0.2) is 5.16 Å². The highest BCUT2D eigenvalue weighted by atomic mass is 32.2. The summed E-state index contributed by atoms with van der Waals surface area (Å²) in [4.78, 5) is 14.2. The SMILES string of the molecule is CSc1nc(N(C)C)c2c3c(sc2n1)CCCC3. The van der Waals surface area contributed by atoms with Gasteiger partial charge in [0.25, 0.3) is 0 Å². The van der Waals surface area contributed by atoms with Crippen LogP contribution in [0.4, 0.5) is 5.82 Å². The van der Waals surface area contributed by atoms with Crippen molar-refractivity contribution in [1.82, 2.24) is 9.97 Å². The van der Waals surface area contributed by atoms with Crippen molar-refractivity contribution in [2.45, 2.75) is 30.8 Å². The van der Waals surface area contributed by atoms with E-state index in [2.05, 4.69) is 29.0 Å².